The van der Waals surface area contributed by atoms with E-state index < -0.39 is 0 Å². The van der Waals surface area contributed by atoms with Crippen molar-refractivity contribution in [1.29, 1.82) is 0 Å². The van der Waals surface area contributed by atoms with Crippen molar-refractivity contribution in [1.82, 2.24) is 9.97 Å². The summed E-state index contributed by atoms with van der Waals surface area (Å²) in [5.74, 6) is 1.90. The van der Waals surface area contributed by atoms with Crippen LogP contribution in [0.4, 0.5) is 5.82 Å². The Balaban J connectivity index is 1.83. The molecule has 2 aromatic heterocycles. The molecule has 3 nitrogen and oxygen atoms in total. The molecule has 0 saturated carbocycles. The van der Waals surface area contributed by atoms with E-state index in [0.717, 1.165) is 41.2 Å². The molecular formula is C17H19N3S. The Bertz CT molecular complexity index is 706. The molecule has 0 aliphatic rings. The number of aryl methyl sites for hydroxylation is 1. The summed E-state index contributed by atoms with van der Waals surface area (Å²) in [6, 6.07) is 12.5. The molecule has 0 fully saturated rings. The zero-order valence-electron chi connectivity index (χ0n) is 12.2. The number of benzene rings is 1. The Morgan fingerprint density at radius 2 is 1.95 bits per heavy atom. The molecule has 3 aromatic rings. The fraction of sp³-hybridized carbons (Fsp3) is 0.294. The maximum absolute atomic E-state index is 4.71. The first-order valence-electron chi connectivity index (χ1n) is 7.38. The lowest BCUT2D eigenvalue weighted by Crippen LogP contribution is -2.05. The van der Waals surface area contributed by atoms with Crippen LogP contribution in [0.3, 0.4) is 0 Å². The third-order valence-corrected chi connectivity index (χ3v) is 4.23. The second-order valence-electron chi connectivity index (χ2n) is 5.07. The van der Waals surface area contributed by atoms with E-state index in [4.69, 9.17) is 4.98 Å². The van der Waals surface area contributed by atoms with Gasteiger partial charge < -0.3 is 5.32 Å². The van der Waals surface area contributed by atoms with Gasteiger partial charge in [0.25, 0.3) is 0 Å². The van der Waals surface area contributed by atoms with Crippen LogP contribution in [0, 0.1) is 0 Å². The monoisotopic (exact) mass is 297 g/mol. The molecule has 21 heavy (non-hydrogen) atoms. The highest BCUT2D eigenvalue weighted by molar-refractivity contribution is 7.16. The Morgan fingerprint density at radius 1 is 1.10 bits per heavy atom. The average molecular weight is 297 g/mol. The number of rotatable bonds is 6. The van der Waals surface area contributed by atoms with Crippen molar-refractivity contribution in [2.75, 3.05) is 5.32 Å². The van der Waals surface area contributed by atoms with E-state index in [1.54, 1.807) is 11.3 Å². The molecule has 1 N–H and O–H groups in total. The Labute approximate surface area is 129 Å². The molecule has 0 unspecified atom stereocenters. The first kappa shape index (κ1) is 14.0. The van der Waals surface area contributed by atoms with E-state index in [-0.39, 0.29) is 0 Å². The molecule has 4 heteroatoms. The topological polar surface area (TPSA) is 37.8 Å². The van der Waals surface area contributed by atoms with Crippen molar-refractivity contribution in [2.24, 2.45) is 0 Å². The smallest absolute Gasteiger partial charge is 0.138 e. The molecule has 0 aliphatic heterocycles. The third-order valence-electron chi connectivity index (χ3n) is 3.43. The summed E-state index contributed by atoms with van der Waals surface area (Å²) >= 11 is 1.68. The Kier molecular flexibility index (Phi) is 4.46. The van der Waals surface area contributed by atoms with E-state index in [9.17, 15) is 0 Å². The first-order chi connectivity index (χ1) is 10.4. The highest BCUT2D eigenvalue weighted by Gasteiger charge is 2.08. The molecule has 0 bridgehead atoms. The van der Waals surface area contributed by atoms with Gasteiger partial charge in [0.15, 0.2) is 0 Å². The minimum atomic E-state index is 0.788. The van der Waals surface area contributed by atoms with E-state index in [2.05, 4.69) is 52.9 Å². The van der Waals surface area contributed by atoms with Gasteiger partial charge in [-0.1, -0.05) is 43.7 Å². The molecule has 0 spiro atoms. The molecule has 0 amide bonds. The molecule has 2 heterocycles. The van der Waals surface area contributed by atoms with Crippen molar-refractivity contribution < 1.29 is 0 Å². The summed E-state index contributed by atoms with van der Waals surface area (Å²) in [6.07, 6.45) is 3.25. The highest BCUT2D eigenvalue weighted by atomic mass is 32.1. The standard InChI is InChI=1S/C17H19N3S/c1-2-3-9-15-19-16(14-10-11-21-17(14)20-15)18-12-13-7-5-4-6-8-13/h4-8,10-11H,2-3,9,12H2,1H3,(H,18,19,20). The van der Waals surface area contributed by atoms with Crippen LogP contribution in [0.15, 0.2) is 41.8 Å². The SMILES string of the molecule is CCCCc1nc(NCc2ccccc2)c2ccsc2n1. The predicted molar refractivity (Wildman–Crippen MR) is 89.8 cm³/mol. The van der Waals surface area contributed by atoms with Crippen LogP contribution >= 0.6 is 11.3 Å². The van der Waals surface area contributed by atoms with Crippen LogP contribution < -0.4 is 5.32 Å². The normalized spacial score (nSPS) is 10.9. The van der Waals surface area contributed by atoms with Gasteiger partial charge in [0.1, 0.15) is 16.5 Å². The van der Waals surface area contributed by atoms with Gasteiger partial charge in [-0.05, 0) is 23.4 Å². The van der Waals surface area contributed by atoms with Gasteiger partial charge in [0.05, 0.1) is 5.39 Å². The van der Waals surface area contributed by atoms with E-state index >= 15 is 0 Å². The van der Waals surface area contributed by atoms with Gasteiger partial charge in [-0.2, -0.15) is 0 Å². The lowest BCUT2D eigenvalue weighted by molar-refractivity contribution is 0.757. The second-order valence-corrected chi connectivity index (χ2v) is 5.97. The summed E-state index contributed by atoms with van der Waals surface area (Å²) < 4.78 is 0. The average Bonchev–Trinajstić information content (AvgIpc) is 3.00. The number of anilines is 1. The molecule has 1 aromatic carbocycles. The molecule has 0 atom stereocenters. The molecule has 0 aliphatic carbocycles. The first-order valence-corrected chi connectivity index (χ1v) is 8.26. The Morgan fingerprint density at radius 3 is 2.76 bits per heavy atom. The van der Waals surface area contributed by atoms with Crippen molar-refractivity contribution in [3.63, 3.8) is 0 Å². The van der Waals surface area contributed by atoms with Crippen LogP contribution in [0.2, 0.25) is 0 Å². The maximum atomic E-state index is 4.71. The lowest BCUT2D eigenvalue weighted by Gasteiger charge is -2.09. The number of fused-ring (bicyclic) bond motifs is 1. The van der Waals surface area contributed by atoms with Gasteiger partial charge in [0.2, 0.25) is 0 Å². The summed E-state index contributed by atoms with van der Waals surface area (Å²) in [5.41, 5.74) is 1.26. The van der Waals surface area contributed by atoms with E-state index in [0.29, 0.717) is 0 Å². The fourth-order valence-corrected chi connectivity index (χ4v) is 3.05. The largest absolute Gasteiger partial charge is 0.365 e. The number of nitrogens with one attached hydrogen (secondary N) is 1. The number of hydrogen-bond acceptors (Lipinski definition) is 4. The zero-order valence-corrected chi connectivity index (χ0v) is 13.0. The number of hydrogen-bond donors (Lipinski definition) is 1. The molecule has 0 saturated heterocycles. The van der Waals surface area contributed by atoms with Crippen LogP contribution in [0.25, 0.3) is 10.2 Å². The quantitative estimate of drug-likeness (QED) is 0.720. The molecular weight excluding hydrogens is 278 g/mol. The Hall–Kier alpha value is -1.94. The lowest BCUT2D eigenvalue weighted by atomic mass is 10.2. The fourth-order valence-electron chi connectivity index (χ4n) is 2.26. The third kappa shape index (κ3) is 3.39. The summed E-state index contributed by atoms with van der Waals surface area (Å²) in [5, 5.41) is 6.66. The van der Waals surface area contributed by atoms with Crippen molar-refractivity contribution in [3.8, 4) is 0 Å². The van der Waals surface area contributed by atoms with Crippen LogP contribution in [-0.4, -0.2) is 9.97 Å². The number of unbranched alkanes of at least 4 members (excludes halogenated alkanes) is 1. The van der Waals surface area contributed by atoms with Gasteiger partial charge in [-0.25, -0.2) is 9.97 Å². The highest BCUT2D eigenvalue weighted by Crippen LogP contribution is 2.25. The van der Waals surface area contributed by atoms with Gasteiger partial charge in [-0.15, -0.1) is 11.3 Å². The number of nitrogens with zero attached hydrogens (tertiary/aromatic N) is 2. The van der Waals surface area contributed by atoms with Gasteiger partial charge in [0, 0.05) is 13.0 Å². The van der Waals surface area contributed by atoms with Crippen LogP contribution in [0.1, 0.15) is 31.2 Å². The minimum absolute atomic E-state index is 0.788. The van der Waals surface area contributed by atoms with E-state index in [1.165, 1.54) is 12.0 Å². The van der Waals surface area contributed by atoms with Crippen molar-refractivity contribution in [3.05, 3.63) is 53.2 Å². The molecule has 3 rings (SSSR count). The molecule has 0 radical (unpaired) electrons. The van der Waals surface area contributed by atoms with E-state index in [1.807, 2.05) is 6.07 Å². The zero-order chi connectivity index (χ0) is 14.5. The van der Waals surface area contributed by atoms with Gasteiger partial charge in [-0.3, -0.25) is 0 Å². The second kappa shape index (κ2) is 6.68. The summed E-state index contributed by atoms with van der Waals surface area (Å²) in [6.45, 7) is 2.98. The number of thiophene rings is 1. The van der Waals surface area contributed by atoms with Crippen molar-refractivity contribution in [2.45, 2.75) is 32.7 Å². The maximum Gasteiger partial charge on any atom is 0.138 e. The summed E-state index contributed by atoms with van der Waals surface area (Å²) in [7, 11) is 0. The predicted octanol–water partition coefficient (Wildman–Crippen LogP) is 4.65. The molecule has 108 valence electrons. The van der Waals surface area contributed by atoms with Gasteiger partial charge >= 0.3 is 0 Å². The van der Waals surface area contributed by atoms with Crippen LogP contribution in [0.5, 0.6) is 0 Å². The minimum Gasteiger partial charge on any atom is -0.365 e. The summed E-state index contributed by atoms with van der Waals surface area (Å²) in [4.78, 5) is 10.4. The van der Waals surface area contributed by atoms with Crippen LogP contribution in [-0.2, 0) is 13.0 Å². The number of aromatic nitrogens is 2. The van der Waals surface area contributed by atoms with Crippen molar-refractivity contribution >= 4 is 27.4 Å².